The highest BCUT2D eigenvalue weighted by Crippen LogP contribution is 2.22. The molecule has 0 aliphatic heterocycles. The number of imidazole rings is 1. The van der Waals surface area contributed by atoms with Gasteiger partial charge in [-0.25, -0.2) is 0 Å². The van der Waals surface area contributed by atoms with Crippen LogP contribution in [0.25, 0.3) is 0 Å². The van der Waals surface area contributed by atoms with Crippen molar-refractivity contribution < 1.29 is 4.92 Å². The Balaban J connectivity index is 2.43. The van der Waals surface area contributed by atoms with Gasteiger partial charge in [-0.3, -0.25) is 14.7 Å². The molecular weight excluding hydrogens is 222 g/mol. The van der Waals surface area contributed by atoms with Gasteiger partial charge in [0.05, 0.1) is 0 Å². The molecule has 0 aromatic carbocycles. The molecule has 7 nitrogen and oxygen atoms in total. The minimum Gasteiger partial charge on any atom is -0.358 e. The first kappa shape index (κ1) is 11.2. The molecule has 0 fully saturated rings. The van der Waals surface area contributed by atoms with Gasteiger partial charge >= 0.3 is 5.82 Å². The Morgan fingerprint density at radius 1 is 1.35 bits per heavy atom. The summed E-state index contributed by atoms with van der Waals surface area (Å²) >= 11 is 0. The summed E-state index contributed by atoms with van der Waals surface area (Å²) in [5.41, 5.74) is 4.93. The van der Waals surface area contributed by atoms with Crippen molar-refractivity contribution in [1.29, 1.82) is 0 Å². The van der Waals surface area contributed by atoms with Crippen LogP contribution in [0.3, 0.4) is 0 Å². The van der Waals surface area contributed by atoms with E-state index in [-0.39, 0.29) is 5.82 Å². The second-order valence-corrected chi connectivity index (χ2v) is 3.85. The summed E-state index contributed by atoms with van der Waals surface area (Å²) in [6.07, 6.45) is 1.41. The van der Waals surface area contributed by atoms with E-state index in [4.69, 9.17) is 0 Å². The molecule has 0 saturated carbocycles. The molecule has 0 saturated heterocycles. The lowest BCUT2D eigenvalue weighted by atomic mass is 10.5. The van der Waals surface area contributed by atoms with Gasteiger partial charge in [0.25, 0.3) is 0 Å². The Morgan fingerprint density at radius 3 is 2.47 bits per heavy atom. The van der Waals surface area contributed by atoms with Gasteiger partial charge in [-0.1, -0.05) is 0 Å². The molecular formula is C10H13N5O2. The molecule has 2 aromatic heterocycles. The lowest BCUT2D eigenvalue weighted by Crippen LogP contribution is -2.15. The number of nitro groups is 1. The van der Waals surface area contributed by atoms with Crippen molar-refractivity contribution in [2.45, 2.75) is 13.8 Å². The van der Waals surface area contributed by atoms with Crippen molar-refractivity contribution >= 4 is 11.6 Å². The fourth-order valence-corrected chi connectivity index (χ4v) is 1.63. The van der Waals surface area contributed by atoms with Crippen molar-refractivity contribution in [3.05, 3.63) is 40.0 Å². The normalized spacial score (nSPS) is 10.5. The van der Waals surface area contributed by atoms with Crippen molar-refractivity contribution in [2.24, 2.45) is 7.05 Å². The third-order valence-corrected chi connectivity index (χ3v) is 2.58. The molecule has 0 bridgehead atoms. The Labute approximate surface area is 97.8 Å². The van der Waals surface area contributed by atoms with Crippen LogP contribution in [0.1, 0.15) is 11.4 Å². The monoisotopic (exact) mass is 235 g/mol. The first-order valence-corrected chi connectivity index (χ1v) is 5.08. The lowest BCUT2D eigenvalue weighted by Gasteiger charge is -2.11. The number of anilines is 1. The van der Waals surface area contributed by atoms with E-state index in [9.17, 15) is 10.1 Å². The number of rotatable bonds is 3. The summed E-state index contributed by atoms with van der Waals surface area (Å²) in [4.78, 5) is 14.1. The number of nitrogens with one attached hydrogen (secondary N) is 1. The molecule has 7 heteroatoms. The van der Waals surface area contributed by atoms with E-state index < -0.39 is 4.92 Å². The lowest BCUT2D eigenvalue weighted by molar-refractivity contribution is -0.388. The zero-order valence-electron chi connectivity index (χ0n) is 9.84. The maximum Gasteiger partial charge on any atom is 0.408 e. The van der Waals surface area contributed by atoms with Gasteiger partial charge in [0.15, 0.2) is 0 Å². The maximum atomic E-state index is 10.8. The standard InChI is InChI=1S/C10H13N5O2/c1-7-4-5-8(2)14(7)12-10-9(15(16)17)11-6-13(10)3/h4-6,12H,1-3H3. The third kappa shape index (κ3) is 1.86. The highest BCUT2D eigenvalue weighted by molar-refractivity contribution is 5.52. The van der Waals surface area contributed by atoms with Crippen LogP contribution in [0.15, 0.2) is 18.5 Å². The van der Waals surface area contributed by atoms with Crippen LogP contribution in [-0.2, 0) is 7.05 Å². The number of hydrogen-bond acceptors (Lipinski definition) is 4. The van der Waals surface area contributed by atoms with Crippen LogP contribution in [0.2, 0.25) is 0 Å². The van der Waals surface area contributed by atoms with Crippen molar-refractivity contribution in [3.63, 3.8) is 0 Å². The van der Waals surface area contributed by atoms with E-state index in [0.29, 0.717) is 5.82 Å². The maximum absolute atomic E-state index is 10.8. The molecule has 2 aromatic rings. The zero-order chi connectivity index (χ0) is 12.6. The van der Waals surface area contributed by atoms with Crippen molar-refractivity contribution in [1.82, 2.24) is 14.2 Å². The van der Waals surface area contributed by atoms with Crippen LogP contribution in [-0.4, -0.2) is 19.2 Å². The third-order valence-electron chi connectivity index (χ3n) is 2.58. The molecule has 0 atom stereocenters. The second kappa shape index (κ2) is 3.93. The van der Waals surface area contributed by atoms with E-state index in [2.05, 4.69) is 10.4 Å². The van der Waals surface area contributed by atoms with Gasteiger partial charge in [-0.05, 0) is 35.9 Å². The Kier molecular flexibility index (Phi) is 2.58. The van der Waals surface area contributed by atoms with Crippen LogP contribution in [0.4, 0.5) is 11.6 Å². The molecule has 2 heterocycles. The zero-order valence-corrected chi connectivity index (χ0v) is 9.84. The largest absolute Gasteiger partial charge is 0.408 e. The summed E-state index contributed by atoms with van der Waals surface area (Å²) in [6.45, 7) is 3.84. The van der Waals surface area contributed by atoms with Gasteiger partial charge in [-0.2, -0.15) is 0 Å². The fourth-order valence-electron chi connectivity index (χ4n) is 1.63. The number of aryl methyl sites for hydroxylation is 3. The molecule has 0 unspecified atom stereocenters. The Hall–Kier alpha value is -2.31. The minimum absolute atomic E-state index is 0.181. The van der Waals surface area contributed by atoms with Gasteiger partial charge in [0.2, 0.25) is 12.1 Å². The quantitative estimate of drug-likeness (QED) is 0.647. The van der Waals surface area contributed by atoms with Gasteiger partial charge in [0, 0.05) is 18.4 Å². The van der Waals surface area contributed by atoms with Crippen LogP contribution < -0.4 is 5.43 Å². The molecule has 0 radical (unpaired) electrons. The first-order chi connectivity index (χ1) is 8.00. The molecule has 0 amide bonds. The van der Waals surface area contributed by atoms with Crippen LogP contribution in [0.5, 0.6) is 0 Å². The van der Waals surface area contributed by atoms with Crippen LogP contribution in [0, 0.1) is 24.0 Å². The SMILES string of the molecule is Cc1ccc(C)n1Nc1c([N+](=O)[O-])ncn1C. The highest BCUT2D eigenvalue weighted by Gasteiger charge is 2.20. The number of aromatic nitrogens is 3. The topological polar surface area (TPSA) is 77.9 Å². The van der Waals surface area contributed by atoms with Gasteiger partial charge in [0.1, 0.15) is 0 Å². The molecule has 0 aliphatic rings. The van der Waals surface area contributed by atoms with Crippen molar-refractivity contribution in [3.8, 4) is 0 Å². The Morgan fingerprint density at radius 2 is 1.94 bits per heavy atom. The van der Waals surface area contributed by atoms with E-state index in [0.717, 1.165) is 11.4 Å². The molecule has 17 heavy (non-hydrogen) atoms. The fraction of sp³-hybridized carbons (Fsp3) is 0.300. The molecule has 90 valence electrons. The smallest absolute Gasteiger partial charge is 0.358 e. The summed E-state index contributed by atoms with van der Waals surface area (Å²) in [6, 6.07) is 3.87. The molecule has 0 aliphatic carbocycles. The predicted molar refractivity (Wildman–Crippen MR) is 62.8 cm³/mol. The highest BCUT2D eigenvalue weighted by atomic mass is 16.6. The predicted octanol–water partition coefficient (Wildman–Crippen LogP) is 1.62. The average molecular weight is 235 g/mol. The van der Waals surface area contributed by atoms with E-state index in [1.165, 1.54) is 6.33 Å². The second-order valence-electron chi connectivity index (χ2n) is 3.85. The number of hydrogen-bond donors (Lipinski definition) is 1. The molecule has 1 N–H and O–H groups in total. The number of nitrogens with zero attached hydrogens (tertiary/aromatic N) is 4. The van der Waals surface area contributed by atoms with Crippen molar-refractivity contribution in [2.75, 3.05) is 5.43 Å². The van der Waals surface area contributed by atoms with E-state index in [1.54, 1.807) is 16.3 Å². The Bertz CT molecular complexity index is 550. The van der Waals surface area contributed by atoms with E-state index in [1.807, 2.05) is 26.0 Å². The van der Waals surface area contributed by atoms with Gasteiger partial charge in [-0.15, -0.1) is 0 Å². The molecule has 2 rings (SSSR count). The van der Waals surface area contributed by atoms with E-state index >= 15 is 0 Å². The van der Waals surface area contributed by atoms with Crippen LogP contribution >= 0.6 is 0 Å². The summed E-state index contributed by atoms with van der Waals surface area (Å²) in [5.74, 6) is 0.178. The minimum atomic E-state index is -0.503. The summed E-state index contributed by atoms with van der Waals surface area (Å²) < 4.78 is 3.36. The first-order valence-electron chi connectivity index (χ1n) is 5.08. The summed E-state index contributed by atoms with van der Waals surface area (Å²) in [5, 5.41) is 10.8. The average Bonchev–Trinajstić information content (AvgIpc) is 2.77. The summed E-state index contributed by atoms with van der Waals surface area (Å²) in [7, 11) is 1.70. The van der Waals surface area contributed by atoms with Gasteiger partial charge < -0.3 is 10.1 Å². The molecule has 0 spiro atoms.